The molecule has 3 unspecified atom stereocenters. The Labute approximate surface area is 239 Å². The molecule has 3 aromatic rings. The quantitative estimate of drug-likeness (QED) is 0.353. The van der Waals surface area contributed by atoms with Gasteiger partial charge in [-0.3, -0.25) is 14.4 Å². The summed E-state index contributed by atoms with van der Waals surface area (Å²) < 4.78 is -0.769. The largest absolute Gasteiger partial charge is 0.394 e. The Bertz CT molecular complexity index is 1440. The minimum absolute atomic E-state index is 0.0145. The first-order valence-corrected chi connectivity index (χ1v) is 15.0. The van der Waals surface area contributed by atoms with Gasteiger partial charge in [-0.2, -0.15) is 0 Å². The lowest BCUT2D eigenvalue weighted by molar-refractivity contribution is -0.141. The van der Waals surface area contributed by atoms with Crippen molar-refractivity contribution in [1.82, 2.24) is 10.2 Å². The summed E-state index contributed by atoms with van der Waals surface area (Å²) in [6.07, 6.45) is 0.589. The summed E-state index contributed by atoms with van der Waals surface area (Å²) in [7, 11) is 0. The molecular weight excluding hydrogens is 578 g/mol. The lowest BCUT2D eigenvalue weighted by Gasteiger charge is -2.36. The molecular formula is C30H30BrN3O4S. The van der Waals surface area contributed by atoms with Gasteiger partial charge in [-0.25, -0.2) is 0 Å². The molecule has 7 atom stereocenters. The van der Waals surface area contributed by atoms with Crippen LogP contribution in [0.4, 0.5) is 5.69 Å². The maximum Gasteiger partial charge on any atom is 0.248 e. The molecule has 7 nitrogen and oxygen atoms in total. The molecule has 3 aliphatic rings. The van der Waals surface area contributed by atoms with Crippen molar-refractivity contribution in [1.29, 1.82) is 0 Å². The maximum atomic E-state index is 14.0. The lowest BCUT2D eigenvalue weighted by Crippen LogP contribution is -2.54. The fourth-order valence-electron chi connectivity index (χ4n) is 6.61. The minimum Gasteiger partial charge on any atom is -0.394 e. The number of carbonyl (C=O) groups is 3. The van der Waals surface area contributed by atoms with Crippen molar-refractivity contribution in [2.45, 2.75) is 46.8 Å². The number of hydrogen-bond acceptors (Lipinski definition) is 5. The zero-order valence-electron chi connectivity index (χ0n) is 21.4. The van der Waals surface area contributed by atoms with Crippen molar-refractivity contribution in [3.63, 3.8) is 0 Å². The topological polar surface area (TPSA) is 98.7 Å². The van der Waals surface area contributed by atoms with E-state index in [1.54, 1.807) is 18.7 Å². The molecule has 3 amide bonds. The fraction of sp³-hybridized carbons (Fsp3) is 0.367. The van der Waals surface area contributed by atoms with Crippen molar-refractivity contribution >= 4 is 61.9 Å². The van der Waals surface area contributed by atoms with Gasteiger partial charge in [0.15, 0.2) is 0 Å². The van der Waals surface area contributed by atoms with Crippen molar-refractivity contribution < 1.29 is 19.5 Å². The van der Waals surface area contributed by atoms with Gasteiger partial charge < -0.3 is 20.6 Å². The molecule has 202 valence electrons. The highest BCUT2D eigenvalue weighted by Crippen LogP contribution is 2.68. The molecule has 0 saturated carbocycles. The Morgan fingerprint density at radius 2 is 1.79 bits per heavy atom. The molecule has 3 N–H and O–H groups in total. The van der Waals surface area contributed by atoms with Crippen LogP contribution < -0.4 is 10.6 Å². The van der Waals surface area contributed by atoms with Gasteiger partial charge in [0.2, 0.25) is 17.7 Å². The zero-order chi connectivity index (χ0) is 27.3. The summed E-state index contributed by atoms with van der Waals surface area (Å²) in [5.41, 5.74) is 1.63. The second kappa shape index (κ2) is 10.3. The average Bonchev–Trinajstić information content (AvgIpc) is 3.55. The number of nitrogens with zero attached hydrogens (tertiary/aromatic N) is 1. The number of amides is 3. The first-order chi connectivity index (χ1) is 18.8. The number of aliphatic hydroxyl groups excluding tert-OH is 1. The molecule has 2 bridgehead atoms. The van der Waals surface area contributed by atoms with Crippen LogP contribution in [0.1, 0.15) is 18.9 Å². The van der Waals surface area contributed by atoms with E-state index in [0.717, 1.165) is 16.3 Å². The molecule has 3 fully saturated rings. The third-order valence-corrected chi connectivity index (χ3v) is 11.6. The normalized spacial score (nSPS) is 29.9. The van der Waals surface area contributed by atoms with E-state index in [1.165, 1.54) is 4.90 Å². The molecule has 3 aliphatic heterocycles. The Balaban J connectivity index is 1.32. The second-order valence-corrected chi connectivity index (χ2v) is 13.4. The van der Waals surface area contributed by atoms with Crippen molar-refractivity contribution in [2.75, 3.05) is 11.9 Å². The van der Waals surface area contributed by atoms with Gasteiger partial charge in [-0.15, -0.1) is 11.8 Å². The first-order valence-electron chi connectivity index (χ1n) is 13.2. The minimum atomic E-state index is -0.814. The van der Waals surface area contributed by atoms with Crippen LogP contribution in [-0.4, -0.2) is 61.2 Å². The van der Waals surface area contributed by atoms with Crippen LogP contribution in [0.2, 0.25) is 0 Å². The van der Waals surface area contributed by atoms with Gasteiger partial charge in [-0.05, 0) is 41.8 Å². The lowest BCUT2D eigenvalue weighted by atomic mass is 9.70. The van der Waals surface area contributed by atoms with Crippen molar-refractivity contribution in [3.8, 4) is 0 Å². The van der Waals surface area contributed by atoms with Crippen LogP contribution in [0, 0.1) is 11.8 Å². The van der Waals surface area contributed by atoms with Crippen LogP contribution >= 0.6 is 27.7 Å². The van der Waals surface area contributed by atoms with Gasteiger partial charge >= 0.3 is 0 Å². The number of halogens is 1. The van der Waals surface area contributed by atoms with Crippen LogP contribution in [-0.2, 0) is 20.9 Å². The molecule has 3 heterocycles. The summed E-state index contributed by atoms with van der Waals surface area (Å²) in [6, 6.07) is 21.9. The van der Waals surface area contributed by atoms with Crippen molar-refractivity contribution in [2.24, 2.45) is 11.8 Å². The number of rotatable bonds is 7. The number of carbonyl (C=O) groups excluding carboxylic acids is 3. The van der Waals surface area contributed by atoms with Gasteiger partial charge in [0, 0.05) is 22.3 Å². The molecule has 9 heteroatoms. The Morgan fingerprint density at radius 1 is 1.08 bits per heavy atom. The van der Waals surface area contributed by atoms with Gasteiger partial charge in [-0.1, -0.05) is 76.6 Å². The predicted molar refractivity (Wildman–Crippen MR) is 156 cm³/mol. The van der Waals surface area contributed by atoms with E-state index in [0.29, 0.717) is 18.7 Å². The van der Waals surface area contributed by atoms with Crippen LogP contribution in [0.25, 0.3) is 10.8 Å². The number of alkyl halides is 1. The number of benzene rings is 3. The smallest absolute Gasteiger partial charge is 0.248 e. The fourth-order valence-corrected chi connectivity index (χ4v) is 10.2. The van der Waals surface area contributed by atoms with Crippen molar-refractivity contribution in [3.05, 3.63) is 78.4 Å². The van der Waals surface area contributed by atoms with E-state index < -0.39 is 28.7 Å². The Kier molecular flexibility index (Phi) is 6.93. The third kappa shape index (κ3) is 4.35. The van der Waals surface area contributed by atoms with E-state index in [9.17, 15) is 19.5 Å². The zero-order valence-corrected chi connectivity index (χ0v) is 23.8. The number of anilines is 1. The Morgan fingerprint density at radius 3 is 2.54 bits per heavy atom. The van der Waals surface area contributed by atoms with Gasteiger partial charge in [0.1, 0.15) is 6.04 Å². The summed E-state index contributed by atoms with van der Waals surface area (Å²) >= 11 is 5.37. The Hall–Kier alpha value is -2.88. The molecule has 6 rings (SSSR count). The van der Waals surface area contributed by atoms with E-state index in [4.69, 9.17) is 0 Å². The molecule has 3 saturated heterocycles. The van der Waals surface area contributed by atoms with E-state index >= 15 is 0 Å². The van der Waals surface area contributed by atoms with Crippen LogP contribution in [0.15, 0.2) is 72.8 Å². The van der Waals surface area contributed by atoms with Gasteiger partial charge in [0.25, 0.3) is 0 Å². The molecule has 0 aromatic heterocycles. The monoisotopic (exact) mass is 607 g/mol. The predicted octanol–water partition coefficient (Wildman–Crippen LogP) is 3.94. The van der Waals surface area contributed by atoms with E-state index in [2.05, 4.69) is 26.6 Å². The molecule has 3 aromatic carbocycles. The number of aliphatic hydroxyl groups is 1. The molecule has 0 radical (unpaired) electrons. The highest BCUT2D eigenvalue weighted by Gasteiger charge is 2.76. The standard InChI is InChI=1S/C30H30BrN3O4S/c1-17(16-35)34-26(28(37)33-21-12-11-19-9-5-6-10-20(19)13-21)30-14-22(31)25(39-30)23(24(30)29(34)38)27(36)32-15-18-7-3-2-4-8-18/h2-13,17,22-26,35H,14-16H2,1H3,(H,32,36)(H,33,37)/t17-,22?,23-,24+,25-,26?,30?/m1/s1. The first kappa shape index (κ1) is 26.3. The number of nitrogens with one attached hydrogen (secondary N) is 2. The summed E-state index contributed by atoms with van der Waals surface area (Å²) in [5.74, 6) is -1.91. The third-order valence-electron chi connectivity index (χ3n) is 8.34. The van der Waals surface area contributed by atoms with E-state index in [1.807, 2.05) is 72.8 Å². The highest BCUT2D eigenvalue weighted by molar-refractivity contribution is 9.09. The summed E-state index contributed by atoms with van der Waals surface area (Å²) in [4.78, 5) is 43.2. The molecule has 0 aliphatic carbocycles. The van der Waals surface area contributed by atoms with E-state index in [-0.39, 0.29) is 34.4 Å². The van der Waals surface area contributed by atoms with Crippen LogP contribution in [0.3, 0.4) is 0 Å². The number of hydrogen-bond donors (Lipinski definition) is 3. The summed E-state index contributed by atoms with van der Waals surface area (Å²) in [6.45, 7) is 1.85. The average molecular weight is 609 g/mol. The SMILES string of the molecule is C[C@H](CO)N1C(=O)[C@@H]2[C@@H](C(=O)NCc3ccccc3)[C@@H]3SC2(CC3Br)C1C(=O)Nc1ccc2ccccc2c1. The molecule has 1 spiro atoms. The number of likely N-dealkylation sites (tertiary alicyclic amines) is 1. The maximum absolute atomic E-state index is 14.0. The second-order valence-electron chi connectivity index (χ2n) is 10.7. The number of fused-ring (bicyclic) bond motifs is 2. The molecule has 39 heavy (non-hydrogen) atoms. The summed E-state index contributed by atoms with van der Waals surface area (Å²) in [5, 5.41) is 18.1. The highest BCUT2D eigenvalue weighted by atomic mass is 79.9. The number of thioether (sulfide) groups is 1. The van der Waals surface area contributed by atoms with Crippen LogP contribution in [0.5, 0.6) is 0 Å². The van der Waals surface area contributed by atoms with Gasteiger partial charge in [0.05, 0.1) is 29.2 Å².